The highest BCUT2D eigenvalue weighted by Gasteiger charge is 2.22. The van der Waals surface area contributed by atoms with Crippen LogP contribution in [0.1, 0.15) is 20.3 Å². The summed E-state index contributed by atoms with van der Waals surface area (Å²) < 4.78 is 1.00. The lowest BCUT2D eigenvalue weighted by molar-refractivity contribution is -0.138. The van der Waals surface area contributed by atoms with Gasteiger partial charge in [0.2, 0.25) is 11.6 Å². The number of aliphatic carboxylic acids is 1. The van der Waals surface area contributed by atoms with E-state index in [1.165, 1.54) is 7.05 Å². The number of aromatic nitrogens is 2. The molecule has 110 valence electrons. The average molecular weight is 283 g/mol. The normalized spacial score (nSPS) is 12.2. The molecular formula is C11H17N5O4. The maximum absolute atomic E-state index is 11.8. The number of nitrogens with two attached hydrogens (primary N) is 1. The number of nitrogen functional groups attached to an aromatic ring is 1. The van der Waals surface area contributed by atoms with Gasteiger partial charge < -0.3 is 16.2 Å². The zero-order valence-corrected chi connectivity index (χ0v) is 11.5. The molecule has 9 heteroatoms. The summed E-state index contributed by atoms with van der Waals surface area (Å²) in [5, 5.41) is 14.3. The third kappa shape index (κ3) is 3.31. The van der Waals surface area contributed by atoms with Gasteiger partial charge in [0.1, 0.15) is 6.04 Å². The number of nitrogens with zero attached hydrogens (tertiary/aromatic N) is 3. The zero-order valence-electron chi connectivity index (χ0n) is 11.5. The summed E-state index contributed by atoms with van der Waals surface area (Å²) in [7, 11) is 1.35. The minimum absolute atomic E-state index is 0.0204. The lowest BCUT2D eigenvalue weighted by Gasteiger charge is -2.18. The van der Waals surface area contributed by atoms with Crippen LogP contribution in [-0.2, 0) is 11.8 Å². The molecule has 0 saturated heterocycles. The Hall–Kier alpha value is -2.45. The Morgan fingerprint density at radius 3 is 2.60 bits per heavy atom. The van der Waals surface area contributed by atoms with Gasteiger partial charge in [0.05, 0.1) is 0 Å². The van der Waals surface area contributed by atoms with E-state index in [-0.39, 0.29) is 17.7 Å². The van der Waals surface area contributed by atoms with Crippen molar-refractivity contribution in [3.05, 3.63) is 15.3 Å². The second kappa shape index (κ2) is 6.13. The van der Waals surface area contributed by atoms with Crippen molar-refractivity contribution >= 4 is 23.4 Å². The summed E-state index contributed by atoms with van der Waals surface area (Å²) in [4.78, 5) is 37.2. The molecule has 0 fully saturated rings. The minimum Gasteiger partial charge on any atom is -0.480 e. The molecule has 0 spiro atoms. The van der Waals surface area contributed by atoms with Crippen molar-refractivity contribution in [2.24, 2.45) is 18.1 Å². The topological polar surface area (TPSA) is 140 Å². The van der Waals surface area contributed by atoms with E-state index in [1.54, 1.807) is 0 Å². The number of anilines is 2. The van der Waals surface area contributed by atoms with Crippen LogP contribution in [0, 0.1) is 10.8 Å². The molecule has 1 aromatic rings. The Labute approximate surface area is 114 Å². The fourth-order valence-corrected chi connectivity index (χ4v) is 1.67. The zero-order chi connectivity index (χ0) is 15.4. The van der Waals surface area contributed by atoms with Gasteiger partial charge >= 0.3 is 5.97 Å². The molecule has 0 aliphatic rings. The molecule has 1 atom stereocenters. The van der Waals surface area contributed by atoms with Gasteiger partial charge in [-0.15, -0.1) is 4.91 Å². The van der Waals surface area contributed by atoms with Crippen molar-refractivity contribution in [1.82, 2.24) is 9.55 Å². The molecule has 0 aliphatic carbocycles. The molecule has 20 heavy (non-hydrogen) atoms. The van der Waals surface area contributed by atoms with Gasteiger partial charge in [0, 0.05) is 7.05 Å². The Balaban J connectivity index is 3.17. The first kappa shape index (κ1) is 15.6. The van der Waals surface area contributed by atoms with Crippen LogP contribution in [0.25, 0.3) is 0 Å². The van der Waals surface area contributed by atoms with Crippen LogP contribution in [0.2, 0.25) is 0 Å². The third-order valence-electron chi connectivity index (χ3n) is 2.69. The van der Waals surface area contributed by atoms with Crippen LogP contribution in [-0.4, -0.2) is 26.7 Å². The van der Waals surface area contributed by atoms with Gasteiger partial charge in [-0.3, -0.25) is 9.36 Å². The Kier molecular flexibility index (Phi) is 4.78. The maximum atomic E-state index is 11.8. The van der Waals surface area contributed by atoms with Gasteiger partial charge in [0.25, 0.3) is 5.56 Å². The van der Waals surface area contributed by atoms with E-state index >= 15 is 0 Å². The number of nitroso groups, excluding NO2 is 1. The first-order valence-electron chi connectivity index (χ1n) is 5.97. The van der Waals surface area contributed by atoms with Crippen LogP contribution in [0.4, 0.5) is 17.5 Å². The van der Waals surface area contributed by atoms with Crippen molar-refractivity contribution in [2.45, 2.75) is 26.3 Å². The maximum Gasteiger partial charge on any atom is 0.326 e. The second-order valence-corrected chi connectivity index (χ2v) is 4.79. The number of carboxylic acid groups (broad SMARTS) is 1. The molecule has 1 aromatic heterocycles. The Bertz CT molecular complexity index is 581. The van der Waals surface area contributed by atoms with E-state index in [1.807, 2.05) is 13.8 Å². The summed E-state index contributed by atoms with van der Waals surface area (Å²) in [6, 6.07) is -0.914. The predicted molar refractivity (Wildman–Crippen MR) is 73.8 cm³/mol. The van der Waals surface area contributed by atoms with Crippen molar-refractivity contribution in [3.8, 4) is 0 Å². The molecule has 0 amide bonds. The molecule has 0 unspecified atom stereocenters. The smallest absolute Gasteiger partial charge is 0.326 e. The molecule has 9 nitrogen and oxygen atoms in total. The number of carbonyl (C=O) groups is 1. The molecule has 0 aliphatic heterocycles. The van der Waals surface area contributed by atoms with Gasteiger partial charge in [-0.25, -0.2) is 4.79 Å². The second-order valence-electron chi connectivity index (χ2n) is 4.79. The largest absolute Gasteiger partial charge is 0.480 e. The summed E-state index contributed by atoms with van der Waals surface area (Å²) in [6.45, 7) is 3.75. The molecule has 1 heterocycles. The highest BCUT2D eigenvalue weighted by Crippen LogP contribution is 2.17. The quantitative estimate of drug-likeness (QED) is 0.652. The SMILES string of the molecule is CC(C)C[C@H](Nc1nc(N)c(N=O)c(=O)n1C)C(=O)O. The highest BCUT2D eigenvalue weighted by atomic mass is 16.4. The lowest BCUT2D eigenvalue weighted by atomic mass is 10.0. The standard InChI is InChI=1S/C11H17N5O4/c1-5(2)4-6(10(18)19)13-11-14-8(12)7(15-20)9(17)16(11)3/h5-6H,4,12H2,1-3H3,(H,13,14)(H,18,19)/t6-/m0/s1. The van der Waals surface area contributed by atoms with E-state index in [0.717, 1.165) is 4.57 Å². The van der Waals surface area contributed by atoms with E-state index in [9.17, 15) is 14.5 Å². The highest BCUT2D eigenvalue weighted by molar-refractivity contribution is 5.76. The number of hydrogen-bond donors (Lipinski definition) is 3. The molecule has 4 N–H and O–H groups in total. The minimum atomic E-state index is -1.07. The van der Waals surface area contributed by atoms with Crippen molar-refractivity contribution in [3.63, 3.8) is 0 Å². The monoisotopic (exact) mass is 283 g/mol. The van der Waals surface area contributed by atoms with Gasteiger partial charge in [0.15, 0.2) is 5.82 Å². The number of rotatable bonds is 6. The van der Waals surface area contributed by atoms with Crippen LogP contribution in [0.5, 0.6) is 0 Å². The Morgan fingerprint density at radius 1 is 1.55 bits per heavy atom. The fraction of sp³-hybridized carbons (Fsp3) is 0.545. The van der Waals surface area contributed by atoms with Crippen LogP contribution < -0.4 is 16.6 Å². The van der Waals surface area contributed by atoms with Crippen molar-refractivity contribution in [2.75, 3.05) is 11.1 Å². The summed E-state index contributed by atoms with van der Waals surface area (Å²) in [5.74, 6) is -1.29. The van der Waals surface area contributed by atoms with E-state index in [0.29, 0.717) is 6.42 Å². The Morgan fingerprint density at radius 2 is 2.15 bits per heavy atom. The first-order chi connectivity index (χ1) is 9.27. The first-order valence-corrected chi connectivity index (χ1v) is 5.97. The lowest BCUT2D eigenvalue weighted by Crippen LogP contribution is -2.34. The predicted octanol–water partition coefficient (Wildman–Crippen LogP) is 0.672. The molecular weight excluding hydrogens is 266 g/mol. The van der Waals surface area contributed by atoms with Crippen molar-refractivity contribution in [1.29, 1.82) is 0 Å². The third-order valence-corrected chi connectivity index (χ3v) is 2.69. The van der Waals surface area contributed by atoms with E-state index in [2.05, 4.69) is 15.5 Å². The number of nitrogens with one attached hydrogen (secondary N) is 1. The molecule has 1 rings (SSSR count). The van der Waals surface area contributed by atoms with Crippen LogP contribution in [0.3, 0.4) is 0 Å². The summed E-state index contributed by atoms with van der Waals surface area (Å²) >= 11 is 0. The van der Waals surface area contributed by atoms with Crippen LogP contribution >= 0.6 is 0 Å². The van der Waals surface area contributed by atoms with E-state index in [4.69, 9.17) is 10.8 Å². The van der Waals surface area contributed by atoms with Crippen LogP contribution in [0.15, 0.2) is 9.97 Å². The average Bonchev–Trinajstić information content (AvgIpc) is 2.34. The summed E-state index contributed by atoms with van der Waals surface area (Å²) in [6.07, 6.45) is 0.346. The molecule has 0 radical (unpaired) electrons. The number of carboxylic acids is 1. The number of hydrogen-bond acceptors (Lipinski definition) is 7. The van der Waals surface area contributed by atoms with E-state index < -0.39 is 23.3 Å². The van der Waals surface area contributed by atoms with Gasteiger partial charge in [-0.1, -0.05) is 13.8 Å². The molecule has 0 aromatic carbocycles. The molecule has 0 saturated carbocycles. The molecule has 0 bridgehead atoms. The van der Waals surface area contributed by atoms with Gasteiger partial charge in [-0.2, -0.15) is 4.98 Å². The van der Waals surface area contributed by atoms with Crippen molar-refractivity contribution < 1.29 is 9.90 Å². The fourth-order valence-electron chi connectivity index (χ4n) is 1.67. The summed E-state index contributed by atoms with van der Waals surface area (Å²) in [5.41, 5.74) is 4.22. The van der Waals surface area contributed by atoms with Gasteiger partial charge in [-0.05, 0) is 17.5 Å².